The Morgan fingerprint density at radius 2 is 1.80 bits per heavy atom. The van der Waals surface area contributed by atoms with Crippen LogP contribution in [-0.4, -0.2) is 11.3 Å². The van der Waals surface area contributed by atoms with Crippen molar-refractivity contribution in [3.05, 3.63) is 54.1 Å². The molecular weight excluding hydrogens is 193 g/mol. The first-order valence-corrected chi connectivity index (χ1v) is 4.48. The van der Waals surface area contributed by atoms with Crippen molar-refractivity contribution in [3.63, 3.8) is 0 Å². The highest BCUT2D eigenvalue weighted by atomic mass is 19.1. The molecule has 1 aromatic carbocycles. The van der Waals surface area contributed by atoms with Gasteiger partial charge in [-0.15, -0.1) is 0 Å². The van der Waals surface area contributed by atoms with E-state index in [1.807, 2.05) is 0 Å². The zero-order chi connectivity index (χ0) is 10.7. The van der Waals surface area contributed by atoms with Crippen molar-refractivity contribution in [2.75, 3.05) is 0 Å². The lowest BCUT2D eigenvalue weighted by molar-refractivity contribution is 0.112. The van der Waals surface area contributed by atoms with Gasteiger partial charge in [0.05, 0.1) is 0 Å². The van der Waals surface area contributed by atoms with Gasteiger partial charge in [0.25, 0.3) is 0 Å². The SMILES string of the molecule is O=Cc1ccccc1-c1cccnc1F. The number of carbonyl (C=O) groups excluding carboxylic acids is 1. The van der Waals surface area contributed by atoms with Crippen LogP contribution in [0.1, 0.15) is 10.4 Å². The minimum atomic E-state index is -0.563. The number of aldehydes is 1. The molecule has 74 valence electrons. The molecule has 0 spiro atoms. The van der Waals surface area contributed by atoms with E-state index in [0.29, 0.717) is 23.0 Å². The molecular formula is C12H8FNO. The molecule has 2 rings (SSSR count). The molecule has 0 unspecified atom stereocenters. The summed E-state index contributed by atoms with van der Waals surface area (Å²) in [6.07, 6.45) is 2.09. The number of benzene rings is 1. The maximum absolute atomic E-state index is 13.4. The summed E-state index contributed by atoms with van der Waals surface area (Å²) in [5.74, 6) is -0.563. The van der Waals surface area contributed by atoms with E-state index < -0.39 is 5.95 Å². The van der Waals surface area contributed by atoms with E-state index in [0.717, 1.165) is 0 Å². The first-order chi connectivity index (χ1) is 7.33. The van der Waals surface area contributed by atoms with Crippen molar-refractivity contribution in [2.45, 2.75) is 0 Å². The Kier molecular flexibility index (Phi) is 2.54. The van der Waals surface area contributed by atoms with E-state index in [1.165, 1.54) is 6.20 Å². The molecule has 0 radical (unpaired) electrons. The molecule has 0 fully saturated rings. The van der Waals surface area contributed by atoms with E-state index in [-0.39, 0.29) is 0 Å². The summed E-state index contributed by atoms with van der Waals surface area (Å²) in [6.45, 7) is 0. The van der Waals surface area contributed by atoms with Crippen LogP contribution in [-0.2, 0) is 0 Å². The molecule has 0 aliphatic rings. The van der Waals surface area contributed by atoms with Gasteiger partial charge >= 0.3 is 0 Å². The van der Waals surface area contributed by atoms with E-state index >= 15 is 0 Å². The van der Waals surface area contributed by atoms with E-state index in [4.69, 9.17) is 0 Å². The average molecular weight is 201 g/mol. The third-order valence-corrected chi connectivity index (χ3v) is 2.14. The molecule has 1 heterocycles. The molecule has 0 amide bonds. The Bertz CT molecular complexity index is 496. The van der Waals surface area contributed by atoms with Crippen molar-refractivity contribution in [1.29, 1.82) is 0 Å². The van der Waals surface area contributed by atoms with Crippen LogP contribution in [0.25, 0.3) is 11.1 Å². The van der Waals surface area contributed by atoms with Crippen LogP contribution in [0.2, 0.25) is 0 Å². The van der Waals surface area contributed by atoms with Gasteiger partial charge in [-0.05, 0) is 17.7 Å². The molecule has 15 heavy (non-hydrogen) atoms. The first-order valence-electron chi connectivity index (χ1n) is 4.48. The molecule has 0 aliphatic heterocycles. The maximum atomic E-state index is 13.4. The largest absolute Gasteiger partial charge is 0.298 e. The quantitative estimate of drug-likeness (QED) is 0.552. The zero-order valence-electron chi connectivity index (χ0n) is 7.85. The first kappa shape index (κ1) is 9.52. The molecule has 0 saturated heterocycles. The van der Waals surface area contributed by atoms with Gasteiger partial charge in [0, 0.05) is 17.3 Å². The molecule has 1 aromatic heterocycles. The molecule has 0 aliphatic carbocycles. The number of nitrogens with zero attached hydrogens (tertiary/aromatic N) is 1. The minimum Gasteiger partial charge on any atom is -0.298 e. The van der Waals surface area contributed by atoms with Gasteiger partial charge in [0.2, 0.25) is 5.95 Å². The van der Waals surface area contributed by atoms with Crippen LogP contribution in [0.5, 0.6) is 0 Å². The van der Waals surface area contributed by atoms with E-state index in [1.54, 1.807) is 36.4 Å². The Morgan fingerprint density at radius 1 is 1.07 bits per heavy atom. The molecule has 0 atom stereocenters. The minimum absolute atomic E-state index is 0.347. The lowest BCUT2D eigenvalue weighted by atomic mass is 10.0. The summed E-state index contributed by atoms with van der Waals surface area (Å²) in [5.41, 5.74) is 1.38. The highest BCUT2D eigenvalue weighted by molar-refractivity contribution is 5.87. The van der Waals surface area contributed by atoms with Gasteiger partial charge in [-0.3, -0.25) is 4.79 Å². The number of halogens is 1. The highest BCUT2D eigenvalue weighted by Gasteiger charge is 2.08. The molecule has 0 bridgehead atoms. The standard InChI is InChI=1S/C12H8FNO/c13-12-11(6-3-7-14-12)10-5-2-1-4-9(10)8-15/h1-8H. The number of pyridine rings is 1. The zero-order valence-corrected chi connectivity index (χ0v) is 7.85. The Hall–Kier alpha value is -2.03. The summed E-state index contributed by atoms with van der Waals surface area (Å²) in [4.78, 5) is 14.3. The summed E-state index contributed by atoms with van der Waals surface area (Å²) < 4.78 is 13.4. The fraction of sp³-hybridized carbons (Fsp3) is 0. The number of carbonyl (C=O) groups is 1. The Morgan fingerprint density at radius 3 is 2.53 bits per heavy atom. The summed E-state index contributed by atoms with van der Waals surface area (Å²) in [6, 6.07) is 10.1. The van der Waals surface area contributed by atoms with Crippen molar-refractivity contribution >= 4 is 6.29 Å². The summed E-state index contributed by atoms with van der Waals surface area (Å²) in [5, 5.41) is 0. The van der Waals surface area contributed by atoms with E-state index in [9.17, 15) is 9.18 Å². The lowest BCUT2D eigenvalue weighted by Gasteiger charge is -2.04. The number of hydrogen-bond acceptors (Lipinski definition) is 2. The molecule has 2 nitrogen and oxygen atoms in total. The second-order valence-corrected chi connectivity index (χ2v) is 3.05. The van der Waals surface area contributed by atoms with E-state index in [2.05, 4.69) is 4.98 Å². The van der Waals surface area contributed by atoms with Crippen LogP contribution in [0.3, 0.4) is 0 Å². The van der Waals surface area contributed by atoms with Gasteiger partial charge in [-0.1, -0.05) is 24.3 Å². The van der Waals surface area contributed by atoms with Crippen molar-refractivity contribution in [2.24, 2.45) is 0 Å². The van der Waals surface area contributed by atoms with Gasteiger partial charge in [-0.2, -0.15) is 4.39 Å². The fourth-order valence-electron chi connectivity index (χ4n) is 1.43. The number of aromatic nitrogens is 1. The van der Waals surface area contributed by atoms with Crippen molar-refractivity contribution in [3.8, 4) is 11.1 Å². The summed E-state index contributed by atoms with van der Waals surface area (Å²) >= 11 is 0. The fourth-order valence-corrected chi connectivity index (χ4v) is 1.43. The van der Waals surface area contributed by atoms with Crippen LogP contribution in [0, 0.1) is 5.95 Å². The van der Waals surface area contributed by atoms with Gasteiger partial charge in [-0.25, -0.2) is 4.98 Å². The highest BCUT2D eigenvalue weighted by Crippen LogP contribution is 2.23. The van der Waals surface area contributed by atoms with Crippen LogP contribution < -0.4 is 0 Å². The molecule has 0 saturated carbocycles. The van der Waals surface area contributed by atoms with Crippen molar-refractivity contribution in [1.82, 2.24) is 4.98 Å². The second kappa shape index (κ2) is 4.00. The smallest absolute Gasteiger partial charge is 0.220 e. The predicted octanol–water partition coefficient (Wildman–Crippen LogP) is 2.70. The predicted molar refractivity (Wildman–Crippen MR) is 55.0 cm³/mol. The van der Waals surface area contributed by atoms with Gasteiger partial charge in [0.15, 0.2) is 6.29 Å². The topological polar surface area (TPSA) is 30.0 Å². The second-order valence-electron chi connectivity index (χ2n) is 3.05. The normalized spacial score (nSPS) is 9.93. The van der Waals surface area contributed by atoms with Crippen LogP contribution in [0.15, 0.2) is 42.6 Å². The monoisotopic (exact) mass is 201 g/mol. The van der Waals surface area contributed by atoms with Crippen molar-refractivity contribution < 1.29 is 9.18 Å². The van der Waals surface area contributed by atoms with Gasteiger partial charge in [0.1, 0.15) is 0 Å². The average Bonchev–Trinajstić information content (AvgIpc) is 2.30. The van der Waals surface area contributed by atoms with Crippen LogP contribution >= 0.6 is 0 Å². The third kappa shape index (κ3) is 1.76. The number of rotatable bonds is 2. The Balaban J connectivity index is 2.64. The molecule has 2 aromatic rings. The maximum Gasteiger partial charge on any atom is 0.220 e. The molecule has 0 N–H and O–H groups in total. The number of hydrogen-bond donors (Lipinski definition) is 0. The Labute approximate surface area is 86.4 Å². The van der Waals surface area contributed by atoms with Crippen LogP contribution in [0.4, 0.5) is 4.39 Å². The third-order valence-electron chi connectivity index (χ3n) is 2.14. The lowest BCUT2D eigenvalue weighted by Crippen LogP contribution is -1.91. The van der Waals surface area contributed by atoms with Gasteiger partial charge < -0.3 is 0 Å². The summed E-state index contributed by atoms with van der Waals surface area (Å²) in [7, 11) is 0. The molecule has 3 heteroatoms.